The Morgan fingerprint density at radius 2 is 2.62 bits per heavy atom. The van der Waals surface area contributed by atoms with Gasteiger partial charge in [-0.25, -0.2) is 0 Å². The molecule has 1 radical (unpaired) electrons. The summed E-state index contributed by atoms with van der Waals surface area (Å²) in [4.78, 5) is 0. The Morgan fingerprint density at radius 1 is 1.75 bits per heavy atom. The van der Waals surface area contributed by atoms with E-state index in [1.54, 1.807) is 8.58 Å². The molecule has 0 aromatic carbocycles. The fourth-order valence-corrected chi connectivity index (χ4v) is 2.47. The highest BCUT2D eigenvalue weighted by atomic mass is 31.1. The van der Waals surface area contributed by atoms with Crippen molar-refractivity contribution in [3.8, 4) is 0 Å². The second kappa shape index (κ2) is 3.25. The van der Waals surface area contributed by atoms with Gasteiger partial charge in [0, 0.05) is 0 Å². The van der Waals surface area contributed by atoms with Crippen LogP contribution in [0.2, 0.25) is 0 Å². The highest BCUT2D eigenvalue weighted by molar-refractivity contribution is 7.39. The minimum atomic E-state index is 0.965. The van der Waals surface area contributed by atoms with Crippen LogP contribution in [0.15, 0.2) is 12.7 Å². The van der Waals surface area contributed by atoms with Gasteiger partial charge < -0.3 is 0 Å². The first-order valence-electron chi connectivity index (χ1n) is 3.21. The number of hydrogen-bond donors (Lipinski definition) is 0. The van der Waals surface area contributed by atoms with Gasteiger partial charge in [0.1, 0.15) is 0 Å². The van der Waals surface area contributed by atoms with E-state index in [0.29, 0.717) is 0 Å². The van der Waals surface area contributed by atoms with Crippen LogP contribution in [0.25, 0.3) is 0 Å². The lowest BCUT2D eigenvalue weighted by atomic mass is 10.2. The van der Waals surface area contributed by atoms with E-state index < -0.39 is 0 Å². The van der Waals surface area contributed by atoms with Gasteiger partial charge in [-0.05, 0) is 31.1 Å². The van der Waals surface area contributed by atoms with E-state index in [1.165, 1.54) is 25.4 Å². The van der Waals surface area contributed by atoms with Gasteiger partial charge in [-0.15, -0.1) is 6.58 Å². The molecule has 1 aliphatic heterocycles. The number of rotatable bonds is 2. The Labute approximate surface area is 53.1 Å². The van der Waals surface area contributed by atoms with Gasteiger partial charge in [-0.1, -0.05) is 14.7 Å². The molecule has 0 amide bonds. The van der Waals surface area contributed by atoms with Crippen molar-refractivity contribution in [3.05, 3.63) is 12.7 Å². The molecule has 45 valence electrons. The lowest BCUT2D eigenvalue weighted by Crippen LogP contribution is -1.89. The first kappa shape index (κ1) is 6.29. The molecule has 1 heterocycles. The van der Waals surface area contributed by atoms with E-state index in [4.69, 9.17) is 0 Å². The topological polar surface area (TPSA) is 0 Å². The molecule has 1 unspecified atom stereocenters. The van der Waals surface area contributed by atoms with E-state index in [9.17, 15) is 0 Å². The van der Waals surface area contributed by atoms with E-state index in [2.05, 4.69) is 6.58 Å². The van der Waals surface area contributed by atoms with Gasteiger partial charge in [0.15, 0.2) is 0 Å². The van der Waals surface area contributed by atoms with Gasteiger partial charge in [0.2, 0.25) is 0 Å². The molecule has 1 fully saturated rings. The second-order valence-electron chi connectivity index (χ2n) is 2.23. The van der Waals surface area contributed by atoms with Gasteiger partial charge in [-0.3, -0.25) is 0 Å². The van der Waals surface area contributed by atoms with Crippen molar-refractivity contribution < 1.29 is 0 Å². The Kier molecular flexibility index (Phi) is 2.55. The standard InChI is InChI=1S/C7H12P/c1-2-4-7-5-3-6-8-7/h2,7H,1,3-6H2. The molecule has 8 heavy (non-hydrogen) atoms. The molecule has 0 aromatic heterocycles. The van der Waals surface area contributed by atoms with E-state index in [0.717, 1.165) is 5.66 Å². The average molecular weight is 127 g/mol. The zero-order chi connectivity index (χ0) is 5.82. The number of hydrogen-bond acceptors (Lipinski definition) is 0. The van der Waals surface area contributed by atoms with Crippen LogP contribution in [0.3, 0.4) is 0 Å². The van der Waals surface area contributed by atoms with Crippen LogP contribution in [-0.4, -0.2) is 11.8 Å². The van der Waals surface area contributed by atoms with E-state index in [-0.39, 0.29) is 0 Å². The maximum atomic E-state index is 3.72. The van der Waals surface area contributed by atoms with Gasteiger partial charge in [0.25, 0.3) is 0 Å². The maximum Gasteiger partial charge on any atom is -0.0136 e. The summed E-state index contributed by atoms with van der Waals surface area (Å²) >= 11 is 0. The SMILES string of the molecule is C=CCC1CCC[P]1. The third kappa shape index (κ3) is 1.59. The normalized spacial score (nSPS) is 31.2. The van der Waals surface area contributed by atoms with Crippen molar-refractivity contribution in [2.75, 3.05) is 6.16 Å². The van der Waals surface area contributed by atoms with Crippen molar-refractivity contribution in [3.63, 3.8) is 0 Å². The molecule has 0 nitrogen and oxygen atoms in total. The summed E-state index contributed by atoms with van der Waals surface area (Å²) in [5, 5.41) is 0. The van der Waals surface area contributed by atoms with Crippen molar-refractivity contribution in [2.45, 2.75) is 24.9 Å². The third-order valence-electron chi connectivity index (χ3n) is 1.52. The average Bonchev–Trinajstić information content (AvgIpc) is 2.19. The van der Waals surface area contributed by atoms with Crippen LogP contribution < -0.4 is 0 Å². The van der Waals surface area contributed by atoms with Crippen LogP contribution in [0, 0.1) is 0 Å². The fourth-order valence-electron chi connectivity index (χ4n) is 1.08. The summed E-state index contributed by atoms with van der Waals surface area (Å²) in [6.07, 6.45) is 7.59. The molecule has 0 bridgehead atoms. The molecule has 0 aromatic rings. The largest absolute Gasteiger partial charge is 0.103 e. The lowest BCUT2D eigenvalue weighted by Gasteiger charge is -2.00. The van der Waals surface area contributed by atoms with Crippen LogP contribution >= 0.6 is 8.58 Å². The molecular formula is C7H12P. The van der Waals surface area contributed by atoms with Crippen molar-refractivity contribution in [1.82, 2.24) is 0 Å². The summed E-state index contributed by atoms with van der Waals surface area (Å²) in [6, 6.07) is 0. The molecule has 0 aliphatic carbocycles. The molecule has 1 aliphatic rings. The van der Waals surface area contributed by atoms with Gasteiger partial charge in [0.05, 0.1) is 0 Å². The quantitative estimate of drug-likeness (QED) is 0.395. The Morgan fingerprint density at radius 3 is 3.12 bits per heavy atom. The zero-order valence-corrected chi connectivity index (χ0v) is 6.03. The molecular weight excluding hydrogens is 115 g/mol. The maximum absolute atomic E-state index is 3.72. The smallest absolute Gasteiger partial charge is 0.0136 e. The summed E-state index contributed by atoms with van der Waals surface area (Å²) in [5.41, 5.74) is 0.965. The summed E-state index contributed by atoms with van der Waals surface area (Å²) < 4.78 is 0. The third-order valence-corrected chi connectivity index (χ3v) is 3.08. The van der Waals surface area contributed by atoms with Crippen LogP contribution in [0.1, 0.15) is 19.3 Å². The van der Waals surface area contributed by atoms with Crippen molar-refractivity contribution >= 4 is 8.58 Å². The van der Waals surface area contributed by atoms with E-state index in [1.807, 2.05) is 6.08 Å². The highest BCUT2D eigenvalue weighted by Crippen LogP contribution is 2.34. The first-order chi connectivity index (χ1) is 3.93. The fraction of sp³-hybridized carbons (Fsp3) is 0.714. The van der Waals surface area contributed by atoms with E-state index >= 15 is 0 Å². The number of allylic oxidation sites excluding steroid dienone is 1. The predicted molar refractivity (Wildman–Crippen MR) is 39.6 cm³/mol. The molecule has 0 spiro atoms. The molecule has 1 atom stereocenters. The molecule has 1 heteroatoms. The van der Waals surface area contributed by atoms with Crippen molar-refractivity contribution in [1.29, 1.82) is 0 Å². The Hall–Kier alpha value is 0.170. The minimum Gasteiger partial charge on any atom is -0.103 e. The highest BCUT2D eigenvalue weighted by Gasteiger charge is 2.12. The van der Waals surface area contributed by atoms with Crippen LogP contribution in [-0.2, 0) is 0 Å². The van der Waals surface area contributed by atoms with Crippen molar-refractivity contribution in [2.24, 2.45) is 0 Å². The molecule has 1 saturated heterocycles. The van der Waals surface area contributed by atoms with Crippen LogP contribution in [0.5, 0.6) is 0 Å². The monoisotopic (exact) mass is 127 g/mol. The lowest BCUT2D eigenvalue weighted by molar-refractivity contribution is 0.790. The van der Waals surface area contributed by atoms with Crippen LogP contribution in [0.4, 0.5) is 0 Å². The summed E-state index contributed by atoms with van der Waals surface area (Å²) in [6.45, 7) is 3.72. The first-order valence-corrected chi connectivity index (χ1v) is 4.36. The minimum absolute atomic E-state index is 0.965. The Balaban J connectivity index is 2.14. The molecule has 1 rings (SSSR count). The summed E-state index contributed by atoms with van der Waals surface area (Å²) in [5.74, 6) is 0. The summed E-state index contributed by atoms with van der Waals surface area (Å²) in [7, 11) is 1.67. The molecule has 0 N–H and O–H groups in total. The predicted octanol–water partition coefficient (Wildman–Crippen LogP) is 2.67. The second-order valence-corrected chi connectivity index (χ2v) is 3.77. The zero-order valence-electron chi connectivity index (χ0n) is 5.14. The Bertz CT molecular complexity index is 72.5. The molecule has 0 saturated carbocycles. The van der Waals surface area contributed by atoms with Gasteiger partial charge >= 0.3 is 0 Å². The van der Waals surface area contributed by atoms with Gasteiger partial charge in [-0.2, -0.15) is 0 Å².